The van der Waals surface area contributed by atoms with Gasteiger partial charge in [0.05, 0.1) is 29.2 Å². The molecule has 0 saturated carbocycles. The van der Waals surface area contributed by atoms with Crippen molar-refractivity contribution in [2.45, 2.75) is 39.7 Å². The van der Waals surface area contributed by atoms with Gasteiger partial charge in [-0.15, -0.1) is 0 Å². The summed E-state index contributed by atoms with van der Waals surface area (Å²) < 4.78 is 7.23. The van der Waals surface area contributed by atoms with Crippen LogP contribution in [0.3, 0.4) is 0 Å². The maximum absolute atomic E-state index is 13.3. The van der Waals surface area contributed by atoms with Crippen LogP contribution in [0.5, 0.6) is 5.75 Å². The number of unbranched alkanes of at least 4 members (excludes halogenated alkanes) is 1. The van der Waals surface area contributed by atoms with Crippen LogP contribution in [0.4, 0.5) is 0 Å². The fourth-order valence-electron chi connectivity index (χ4n) is 3.13. The lowest BCUT2D eigenvalue weighted by atomic mass is 10.2. The minimum Gasteiger partial charge on any atom is -0.494 e. The molecule has 1 aromatic heterocycles. The lowest BCUT2D eigenvalue weighted by Gasteiger charge is -2.20. The number of benzene rings is 2. The van der Waals surface area contributed by atoms with Gasteiger partial charge in [-0.05, 0) is 63.2 Å². The van der Waals surface area contributed by atoms with E-state index in [9.17, 15) is 4.79 Å². The van der Waals surface area contributed by atoms with Crippen molar-refractivity contribution in [3.05, 3.63) is 64.7 Å². The highest BCUT2D eigenvalue weighted by molar-refractivity contribution is 5.77. The molecule has 0 unspecified atom stereocenters. The van der Waals surface area contributed by atoms with E-state index < -0.39 is 0 Å². The molecule has 0 bridgehead atoms. The van der Waals surface area contributed by atoms with Crippen LogP contribution in [0.1, 0.15) is 45.5 Å². The number of rotatable bonds is 8. The van der Waals surface area contributed by atoms with E-state index in [0.717, 1.165) is 42.2 Å². The maximum Gasteiger partial charge on any atom is 0.266 e. The Morgan fingerprint density at radius 3 is 2.56 bits per heavy atom. The van der Waals surface area contributed by atoms with Crippen LogP contribution >= 0.6 is 0 Å². The van der Waals surface area contributed by atoms with Crippen LogP contribution in [0, 0.1) is 0 Å². The molecule has 3 aromatic rings. The van der Waals surface area contributed by atoms with Crippen molar-refractivity contribution in [2.24, 2.45) is 0 Å². The van der Waals surface area contributed by atoms with Crippen molar-refractivity contribution in [2.75, 3.05) is 13.2 Å². The number of hydrogen-bond acceptors (Lipinski definition) is 4. The summed E-state index contributed by atoms with van der Waals surface area (Å²) in [7, 11) is 0. The molecule has 142 valence electrons. The van der Waals surface area contributed by atoms with E-state index in [4.69, 9.17) is 9.72 Å². The zero-order valence-corrected chi connectivity index (χ0v) is 16.2. The first-order chi connectivity index (χ1) is 13.2. The predicted octanol–water partition coefficient (Wildman–Crippen LogP) is 4.24. The molecule has 5 heteroatoms. The number of ether oxygens (including phenoxy) is 1. The van der Waals surface area contributed by atoms with Gasteiger partial charge in [0.1, 0.15) is 11.6 Å². The molecule has 3 rings (SSSR count). The molecule has 0 saturated heterocycles. The number of para-hydroxylation sites is 1. The van der Waals surface area contributed by atoms with Crippen molar-refractivity contribution in [3.8, 4) is 11.4 Å². The topological polar surface area (TPSA) is 56.2 Å². The molecule has 0 aliphatic heterocycles. The molecule has 5 nitrogen and oxygen atoms in total. The van der Waals surface area contributed by atoms with Gasteiger partial charge < -0.3 is 10.1 Å². The van der Waals surface area contributed by atoms with Gasteiger partial charge in [-0.25, -0.2) is 4.98 Å². The molecular formula is C22H27N3O2. The zero-order valence-electron chi connectivity index (χ0n) is 16.2. The van der Waals surface area contributed by atoms with E-state index in [1.807, 2.05) is 55.5 Å². The Labute approximate surface area is 160 Å². The molecule has 0 amide bonds. The Morgan fingerprint density at radius 2 is 1.85 bits per heavy atom. The molecule has 0 aliphatic carbocycles. The molecule has 2 aromatic carbocycles. The van der Waals surface area contributed by atoms with Crippen LogP contribution in [-0.4, -0.2) is 22.7 Å². The van der Waals surface area contributed by atoms with E-state index in [0.29, 0.717) is 12.0 Å². The average Bonchev–Trinajstić information content (AvgIpc) is 2.69. The Kier molecular flexibility index (Phi) is 6.24. The third-order valence-electron chi connectivity index (χ3n) is 4.58. The molecule has 0 fully saturated rings. The highest BCUT2D eigenvalue weighted by atomic mass is 16.5. The smallest absolute Gasteiger partial charge is 0.266 e. The Hall–Kier alpha value is -2.66. The summed E-state index contributed by atoms with van der Waals surface area (Å²) in [5.74, 6) is 1.51. The fourth-order valence-corrected chi connectivity index (χ4v) is 3.13. The van der Waals surface area contributed by atoms with Crippen molar-refractivity contribution in [1.29, 1.82) is 0 Å². The Bertz CT molecular complexity index is 948. The second-order valence-electron chi connectivity index (χ2n) is 6.58. The van der Waals surface area contributed by atoms with Gasteiger partial charge in [-0.2, -0.15) is 0 Å². The van der Waals surface area contributed by atoms with E-state index in [-0.39, 0.29) is 11.6 Å². The number of nitrogens with one attached hydrogen (secondary N) is 1. The van der Waals surface area contributed by atoms with E-state index in [1.165, 1.54) is 0 Å². The largest absolute Gasteiger partial charge is 0.494 e. The fraction of sp³-hybridized carbons (Fsp3) is 0.364. The first-order valence-corrected chi connectivity index (χ1v) is 9.64. The van der Waals surface area contributed by atoms with Crippen molar-refractivity contribution >= 4 is 10.9 Å². The first-order valence-electron chi connectivity index (χ1n) is 9.64. The summed E-state index contributed by atoms with van der Waals surface area (Å²) in [6, 6.07) is 15.1. The lowest BCUT2D eigenvalue weighted by molar-refractivity contribution is 0.340. The summed E-state index contributed by atoms with van der Waals surface area (Å²) in [6.07, 6.45) is 2.21. The summed E-state index contributed by atoms with van der Waals surface area (Å²) in [6.45, 7) is 7.67. The van der Waals surface area contributed by atoms with Crippen LogP contribution in [0.25, 0.3) is 16.6 Å². The quantitative estimate of drug-likeness (QED) is 0.607. The summed E-state index contributed by atoms with van der Waals surface area (Å²) in [5, 5.41) is 4.11. The van der Waals surface area contributed by atoms with Gasteiger partial charge in [-0.3, -0.25) is 9.36 Å². The van der Waals surface area contributed by atoms with Crippen LogP contribution in [0.15, 0.2) is 53.3 Å². The van der Waals surface area contributed by atoms with Gasteiger partial charge in [0.15, 0.2) is 0 Å². The predicted molar refractivity (Wildman–Crippen MR) is 110 cm³/mol. The van der Waals surface area contributed by atoms with Gasteiger partial charge in [-0.1, -0.05) is 25.5 Å². The number of hydrogen-bond donors (Lipinski definition) is 1. The van der Waals surface area contributed by atoms with Gasteiger partial charge in [0, 0.05) is 0 Å². The van der Waals surface area contributed by atoms with Crippen molar-refractivity contribution < 1.29 is 4.74 Å². The number of fused-ring (bicyclic) bond motifs is 1. The standard InChI is InChI=1S/C22H27N3O2/c1-4-6-15-23-16(3)21-24-20-10-8-7-9-19(20)22(26)25(21)17-11-13-18(14-12-17)27-5-2/h7-14,16,23H,4-6,15H2,1-3H3/t16-/m0/s1. The summed E-state index contributed by atoms with van der Waals surface area (Å²) >= 11 is 0. The SMILES string of the molecule is CCCCN[C@@H](C)c1nc2ccccc2c(=O)n1-c1ccc(OCC)cc1. The Balaban J connectivity index is 2.11. The Morgan fingerprint density at radius 1 is 1.11 bits per heavy atom. The van der Waals surface area contributed by atoms with Crippen LogP contribution in [0.2, 0.25) is 0 Å². The first kappa shape index (κ1) is 19.1. The van der Waals surface area contributed by atoms with Gasteiger partial charge in [0.25, 0.3) is 5.56 Å². The van der Waals surface area contributed by atoms with E-state index in [2.05, 4.69) is 19.2 Å². The third-order valence-corrected chi connectivity index (χ3v) is 4.58. The average molecular weight is 365 g/mol. The molecule has 27 heavy (non-hydrogen) atoms. The normalized spacial score (nSPS) is 12.3. The molecule has 0 aliphatic rings. The second-order valence-corrected chi connectivity index (χ2v) is 6.58. The van der Waals surface area contributed by atoms with Crippen molar-refractivity contribution in [3.63, 3.8) is 0 Å². The lowest BCUT2D eigenvalue weighted by Crippen LogP contribution is -2.30. The van der Waals surface area contributed by atoms with Gasteiger partial charge in [0.2, 0.25) is 0 Å². The molecule has 1 N–H and O–H groups in total. The van der Waals surface area contributed by atoms with E-state index >= 15 is 0 Å². The highest BCUT2D eigenvalue weighted by Crippen LogP contribution is 2.20. The molecule has 1 atom stereocenters. The monoisotopic (exact) mass is 365 g/mol. The zero-order chi connectivity index (χ0) is 19.2. The molecular weight excluding hydrogens is 338 g/mol. The number of aromatic nitrogens is 2. The minimum atomic E-state index is -0.0519. The molecule has 0 radical (unpaired) electrons. The number of nitrogens with zero attached hydrogens (tertiary/aromatic N) is 2. The molecule has 1 heterocycles. The van der Waals surface area contributed by atoms with Gasteiger partial charge >= 0.3 is 0 Å². The molecule has 0 spiro atoms. The van der Waals surface area contributed by atoms with Crippen LogP contribution in [-0.2, 0) is 0 Å². The third kappa shape index (κ3) is 4.19. The maximum atomic E-state index is 13.3. The van der Waals surface area contributed by atoms with E-state index in [1.54, 1.807) is 4.57 Å². The highest BCUT2D eigenvalue weighted by Gasteiger charge is 2.17. The van der Waals surface area contributed by atoms with Crippen molar-refractivity contribution in [1.82, 2.24) is 14.9 Å². The second kappa shape index (κ2) is 8.82. The van der Waals surface area contributed by atoms with Crippen LogP contribution < -0.4 is 15.6 Å². The minimum absolute atomic E-state index is 0.0413. The summed E-state index contributed by atoms with van der Waals surface area (Å²) in [5.41, 5.74) is 1.47. The summed E-state index contributed by atoms with van der Waals surface area (Å²) in [4.78, 5) is 18.1.